The maximum atomic E-state index is 12.1. The lowest BCUT2D eigenvalue weighted by Gasteiger charge is -2.37. The summed E-state index contributed by atoms with van der Waals surface area (Å²) in [6, 6.07) is 10.5. The lowest BCUT2D eigenvalue weighted by molar-refractivity contribution is -0.127. The predicted octanol–water partition coefficient (Wildman–Crippen LogP) is 2.23. The van der Waals surface area contributed by atoms with Crippen molar-refractivity contribution < 1.29 is 4.79 Å². The molecule has 4 heteroatoms. The zero-order valence-corrected chi connectivity index (χ0v) is 14.5. The molecular weight excluding hydrogens is 286 g/mol. The van der Waals surface area contributed by atoms with Crippen molar-refractivity contribution in [3.05, 3.63) is 42.0 Å². The highest BCUT2D eigenvalue weighted by Crippen LogP contribution is 2.08. The molecule has 0 radical (unpaired) electrons. The zero-order chi connectivity index (χ0) is 16.7. The van der Waals surface area contributed by atoms with Crippen LogP contribution in [0.15, 0.2) is 36.4 Å². The summed E-state index contributed by atoms with van der Waals surface area (Å²) in [5.74, 6) is 0.137. The number of nitrogens with one attached hydrogen (secondary N) is 1. The Morgan fingerprint density at radius 1 is 1.13 bits per heavy atom. The Hall–Kier alpha value is -1.65. The standard InChI is InChI=1S/C19H29N3O/c1-16(2)20-19(23)17(3)22-14-12-21(13-15-22)11-7-10-18-8-5-4-6-9-18/h4-10,16-17H,11-15H2,1-3H3,(H,20,23)/b10-7+/t17-/m1/s1. The van der Waals surface area contributed by atoms with E-state index in [2.05, 4.69) is 51.5 Å². The van der Waals surface area contributed by atoms with Gasteiger partial charge in [-0.25, -0.2) is 0 Å². The third kappa shape index (κ3) is 5.81. The molecule has 0 aliphatic carbocycles. The highest BCUT2D eigenvalue weighted by atomic mass is 16.2. The van der Waals surface area contributed by atoms with Gasteiger partial charge in [-0.3, -0.25) is 14.6 Å². The molecule has 1 fully saturated rings. The number of hydrogen-bond acceptors (Lipinski definition) is 3. The van der Waals surface area contributed by atoms with E-state index in [0.717, 1.165) is 32.7 Å². The maximum absolute atomic E-state index is 12.1. The Morgan fingerprint density at radius 2 is 1.78 bits per heavy atom. The summed E-state index contributed by atoms with van der Waals surface area (Å²) in [7, 11) is 0. The fraction of sp³-hybridized carbons (Fsp3) is 0.526. The Labute approximate surface area is 140 Å². The van der Waals surface area contributed by atoms with Crippen LogP contribution in [-0.4, -0.2) is 60.5 Å². The number of carbonyl (C=O) groups excluding carboxylic acids is 1. The molecule has 126 valence electrons. The molecule has 4 nitrogen and oxygen atoms in total. The van der Waals surface area contributed by atoms with E-state index in [1.807, 2.05) is 26.8 Å². The first-order valence-corrected chi connectivity index (χ1v) is 8.54. The number of piperazine rings is 1. The first kappa shape index (κ1) is 17.7. The Kier molecular flexibility index (Phi) is 6.81. The lowest BCUT2D eigenvalue weighted by atomic mass is 10.2. The second kappa shape index (κ2) is 8.85. The third-order valence-corrected chi connectivity index (χ3v) is 4.24. The zero-order valence-electron chi connectivity index (χ0n) is 14.5. The van der Waals surface area contributed by atoms with Crippen LogP contribution in [0.4, 0.5) is 0 Å². The largest absolute Gasteiger partial charge is 0.353 e. The first-order chi connectivity index (χ1) is 11.1. The molecule has 1 saturated heterocycles. The van der Waals surface area contributed by atoms with Crippen LogP contribution in [0.2, 0.25) is 0 Å². The van der Waals surface area contributed by atoms with Gasteiger partial charge in [0.25, 0.3) is 0 Å². The molecule has 0 aromatic heterocycles. The van der Waals surface area contributed by atoms with Gasteiger partial charge < -0.3 is 5.32 Å². The highest BCUT2D eigenvalue weighted by Gasteiger charge is 2.25. The Bertz CT molecular complexity index is 505. The number of amides is 1. The topological polar surface area (TPSA) is 35.6 Å². The first-order valence-electron chi connectivity index (χ1n) is 8.54. The van der Waals surface area contributed by atoms with Crippen molar-refractivity contribution in [2.45, 2.75) is 32.9 Å². The van der Waals surface area contributed by atoms with Crippen molar-refractivity contribution in [2.75, 3.05) is 32.7 Å². The number of rotatable bonds is 6. The summed E-state index contributed by atoms with van der Waals surface area (Å²) >= 11 is 0. The van der Waals surface area contributed by atoms with Crippen LogP contribution in [-0.2, 0) is 4.79 Å². The van der Waals surface area contributed by atoms with Gasteiger partial charge in [-0.2, -0.15) is 0 Å². The fourth-order valence-corrected chi connectivity index (χ4v) is 2.81. The van der Waals surface area contributed by atoms with Crippen LogP contribution in [0.5, 0.6) is 0 Å². The molecular formula is C19H29N3O. The van der Waals surface area contributed by atoms with Crippen LogP contribution >= 0.6 is 0 Å². The van der Waals surface area contributed by atoms with Gasteiger partial charge in [0, 0.05) is 38.8 Å². The van der Waals surface area contributed by atoms with E-state index in [1.165, 1.54) is 5.56 Å². The number of benzene rings is 1. The lowest BCUT2D eigenvalue weighted by Crippen LogP contribution is -2.54. The van der Waals surface area contributed by atoms with Gasteiger partial charge in [-0.1, -0.05) is 42.5 Å². The van der Waals surface area contributed by atoms with Crippen molar-refractivity contribution in [1.29, 1.82) is 0 Å². The third-order valence-electron chi connectivity index (χ3n) is 4.24. The summed E-state index contributed by atoms with van der Waals surface area (Å²) in [6.45, 7) is 10.9. The molecule has 1 aliphatic heterocycles. The molecule has 1 atom stereocenters. The summed E-state index contributed by atoms with van der Waals surface area (Å²) in [4.78, 5) is 16.8. The van der Waals surface area contributed by atoms with Crippen LogP contribution in [0.1, 0.15) is 26.3 Å². The van der Waals surface area contributed by atoms with Crippen LogP contribution < -0.4 is 5.32 Å². The van der Waals surface area contributed by atoms with Gasteiger partial charge in [-0.05, 0) is 26.3 Å². The van der Waals surface area contributed by atoms with Crippen molar-refractivity contribution >= 4 is 12.0 Å². The minimum absolute atomic E-state index is 0.0422. The van der Waals surface area contributed by atoms with E-state index >= 15 is 0 Å². The fourth-order valence-electron chi connectivity index (χ4n) is 2.81. The van der Waals surface area contributed by atoms with E-state index in [4.69, 9.17) is 0 Å². The number of nitrogens with zero attached hydrogens (tertiary/aromatic N) is 2. The quantitative estimate of drug-likeness (QED) is 0.874. The second-order valence-corrected chi connectivity index (χ2v) is 6.49. The summed E-state index contributed by atoms with van der Waals surface area (Å²) in [5.41, 5.74) is 1.24. The van der Waals surface area contributed by atoms with Crippen LogP contribution in [0.3, 0.4) is 0 Å². The van der Waals surface area contributed by atoms with Crippen LogP contribution in [0.25, 0.3) is 6.08 Å². The monoisotopic (exact) mass is 315 g/mol. The van der Waals surface area contributed by atoms with Crippen molar-refractivity contribution in [2.24, 2.45) is 0 Å². The molecule has 1 aromatic carbocycles. The predicted molar refractivity (Wildman–Crippen MR) is 96.2 cm³/mol. The van der Waals surface area contributed by atoms with E-state index in [9.17, 15) is 4.79 Å². The van der Waals surface area contributed by atoms with Crippen molar-refractivity contribution in [3.63, 3.8) is 0 Å². The van der Waals surface area contributed by atoms with Gasteiger partial charge >= 0.3 is 0 Å². The van der Waals surface area contributed by atoms with Gasteiger partial charge in [-0.15, -0.1) is 0 Å². The van der Waals surface area contributed by atoms with E-state index < -0.39 is 0 Å². The average Bonchev–Trinajstić information content (AvgIpc) is 2.55. The van der Waals surface area contributed by atoms with Crippen LogP contribution in [0, 0.1) is 0 Å². The molecule has 1 N–H and O–H groups in total. The normalized spacial score (nSPS) is 18.4. The number of carbonyl (C=O) groups is 1. The molecule has 1 heterocycles. The maximum Gasteiger partial charge on any atom is 0.237 e. The second-order valence-electron chi connectivity index (χ2n) is 6.49. The Balaban J connectivity index is 1.73. The van der Waals surface area contributed by atoms with Crippen molar-refractivity contribution in [3.8, 4) is 0 Å². The molecule has 2 rings (SSSR count). The number of hydrogen-bond donors (Lipinski definition) is 1. The summed E-state index contributed by atoms with van der Waals surface area (Å²) in [6.07, 6.45) is 4.39. The van der Waals surface area contributed by atoms with Gasteiger partial charge in [0.1, 0.15) is 0 Å². The van der Waals surface area contributed by atoms with E-state index in [0.29, 0.717) is 0 Å². The molecule has 0 unspecified atom stereocenters. The smallest absolute Gasteiger partial charge is 0.237 e. The minimum atomic E-state index is -0.0422. The summed E-state index contributed by atoms with van der Waals surface area (Å²) in [5, 5.41) is 3.00. The van der Waals surface area contributed by atoms with Gasteiger partial charge in [0.15, 0.2) is 0 Å². The molecule has 23 heavy (non-hydrogen) atoms. The molecule has 1 aliphatic rings. The minimum Gasteiger partial charge on any atom is -0.353 e. The van der Waals surface area contributed by atoms with Gasteiger partial charge in [0.2, 0.25) is 5.91 Å². The molecule has 0 bridgehead atoms. The average molecular weight is 315 g/mol. The molecule has 1 amide bonds. The molecule has 0 saturated carbocycles. The van der Waals surface area contributed by atoms with E-state index in [1.54, 1.807) is 0 Å². The van der Waals surface area contributed by atoms with E-state index in [-0.39, 0.29) is 18.0 Å². The molecule has 1 aromatic rings. The summed E-state index contributed by atoms with van der Waals surface area (Å²) < 4.78 is 0. The highest BCUT2D eigenvalue weighted by molar-refractivity contribution is 5.81. The van der Waals surface area contributed by atoms with Gasteiger partial charge in [0.05, 0.1) is 6.04 Å². The Morgan fingerprint density at radius 3 is 2.39 bits per heavy atom. The SMILES string of the molecule is CC(C)NC(=O)[C@@H](C)N1CCN(C/C=C/c2ccccc2)CC1. The molecule has 0 spiro atoms. The van der Waals surface area contributed by atoms with Crippen molar-refractivity contribution in [1.82, 2.24) is 15.1 Å².